The van der Waals surface area contributed by atoms with Crippen molar-refractivity contribution in [2.45, 2.75) is 71.0 Å². The summed E-state index contributed by atoms with van der Waals surface area (Å²) in [6.45, 7) is 6.17. The summed E-state index contributed by atoms with van der Waals surface area (Å²) < 4.78 is 0. The van der Waals surface area contributed by atoms with Crippen LogP contribution in [0.1, 0.15) is 64.7 Å². The molecule has 0 nitrogen and oxygen atoms in total. The van der Waals surface area contributed by atoms with E-state index in [0.29, 0.717) is 0 Å². The Bertz CT molecular complexity index is 168. The van der Waals surface area contributed by atoms with E-state index >= 15 is 0 Å². The van der Waals surface area contributed by atoms with Gasteiger partial charge in [0.2, 0.25) is 0 Å². The normalized spacial score (nSPS) is 27.6. The molecule has 0 spiro atoms. The first-order valence-corrected chi connectivity index (χ1v) is 7.25. The summed E-state index contributed by atoms with van der Waals surface area (Å²) in [5, 5.41) is 0. The third-order valence-corrected chi connectivity index (χ3v) is 4.24. The predicted octanol–water partition coefficient (Wildman–Crippen LogP) is 1.80. The maximum absolute atomic E-state index is 5.61. The molecule has 0 aromatic heterocycles. The van der Waals surface area contributed by atoms with E-state index in [2.05, 4.69) is 13.8 Å². The van der Waals surface area contributed by atoms with Crippen molar-refractivity contribution in [2.24, 2.45) is 17.8 Å². The van der Waals surface area contributed by atoms with Crippen molar-refractivity contribution in [3.05, 3.63) is 6.92 Å². The van der Waals surface area contributed by atoms with Gasteiger partial charge in [-0.05, 0) is 24.2 Å². The fourth-order valence-electron chi connectivity index (χ4n) is 2.70. The van der Waals surface area contributed by atoms with Crippen molar-refractivity contribution in [1.29, 1.82) is 0 Å². The summed E-state index contributed by atoms with van der Waals surface area (Å²) in [5.41, 5.74) is 0. The largest absolute Gasteiger partial charge is 1.00 e. The van der Waals surface area contributed by atoms with Gasteiger partial charge in [0, 0.05) is 0 Å². The fourth-order valence-corrected chi connectivity index (χ4v) is 2.70. The molecule has 0 bridgehead atoms. The third kappa shape index (κ3) is 8.47. The fraction of sp³-hybridized carbons (Fsp3) is 0.933. The van der Waals surface area contributed by atoms with Crippen molar-refractivity contribution in [3.63, 3.8) is 0 Å². The Hall–Kier alpha value is 1.70. The van der Waals surface area contributed by atoms with Crippen molar-refractivity contribution in [3.8, 4) is 0 Å². The van der Waals surface area contributed by atoms with Gasteiger partial charge in [-0.15, -0.1) is 0 Å². The smallest absolute Gasteiger partial charge is 0.343 e. The first kappa shape index (κ1) is 18.7. The van der Waals surface area contributed by atoms with Gasteiger partial charge in [0.1, 0.15) is 0 Å². The second-order valence-corrected chi connectivity index (χ2v) is 5.81. The molecule has 2 rings (SSSR count). The van der Waals surface area contributed by atoms with Crippen LogP contribution in [-0.2, 0) is 0 Å². The molecular formula is C15H28BK. The molecule has 0 N–H and O–H groups in total. The average Bonchev–Trinajstić information content (AvgIpc) is 2.72. The van der Waals surface area contributed by atoms with Crippen LogP contribution >= 0.6 is 0 Å². The van der Waals surface area contributed by atoms with E-state index in [4.69, 9.17) is 7.85 Å². The predicted molar refractivity (Wildman–Crippen MR) is 73.6 cm³/mol. The topological polar surface area (TPSA) is 0 Å². The summed E-state index contributed by atoms with van der Waals surface area (Å²) in [4.78, 5) is 0. The Balaban J connectivity index is 0.000000360. The molecule has 0 heterocycles. The quantitative estimate of drug-likeness (QED) is 0.533. The number of rotatable bonds is 4. The zero-order chi connectivity index (χ0) is 11.8. The molecule has 0 aliphatic heterocycles. The summed E-state index contributed by atoms with van der Waals surface area (Å²) in [6, 6.07) is 0. The minimum atomic E-state index is 0. The van der Waals surface area contributed by atoms with Crippen LogP contribution in [0.15, 0.2) is 0 Å². The van der Waals surface area contributed by atoms with E-state index in [-0.39, 0.29) is 51.4 Å². The van der Waals surface area contributed by atoms with E-state index in [0.717, 1.165) is 30.5 Å². The molecule has 0 amide bonds. The SMILES string of the molecule is CC1CCC1.[B]CC1CCC(CCC[CH2-])C1.[K+]. The third-order valence-electron chi connectivity index (χ3n) is 4.24. The first-order chi connectivity index (χ1) is 7.76. The van der Waals surface area contributed by atoms with Crippen LogP contribution in [0.4, 0.5) is 0 Å². The maximum Gasteiger partial charge on any atom is 1.00 e. The van der Waals surface area contributed by atoms with E-state index in [9.17, 15) is 0 Å². The van der Waals surface area contributed by atoms with Crippen LogP contribution < -0.4 is 51.4 Å². The molecule has 2 unspecified atom stereocenters. The summed E-state index contributed by atoms with van der Waals surface area (Å²) >= 11 is 0. The average molecular weight is 258 g/mol. The van der Waals surface area contributed by atoms with Gasteiger partial charge in [0.15, 0.2) is 0 Å². The Labute approximate surface area is 153 Å². The standard InChI is InChI=1S/C10H18B.C5H10.K/c1-2-3-4-9-5-6-10(7-9)8-11;1-5-3-2-4-5;/h9-10H,1-8H2;5H,2-4H2,1H3;/q-1;;+1. The number of hydrogen-bond acceptors (Lipinski definition) is 0. The van der Waals surface area contributed by atoms with E-state index in [1.54, 1.807) is 0 Å². The first-order valence-electron chi connectivity index (χ1n) is 7.25. The molecule has 2 heteroatoms. The molecule has 0 aromatic carbocycles. The molecule has 2 atom stereocenters. The van der Waals surface area contributed by atoms with Gasteiger partial charge in [-0.3, -0.25) is 0 Å². The molecular weight excluding hydrogens is 230 g/mol. The molecule has 2 radical (unpaired) electrons. The molecule has 17 heavy (non-hydrogen) atoms. The Kier molecular flexibility index (Phi) is 12.7. The van der Waals surface area contributed by atoms with Crippen LogP contribution in [0, 0.1) is 24.7 Å². The van der Waals surface area contributed by atoms with Gasteiger partial charge < -0.3 is 6.92 Å². The van der Waals surface area contributed by atoms with Gasteiger partial charge >= 0.3 is 51.4 Å². The molecule has 2 saturated carbocycles. The Morgan fingerprint density at radius 3 is 2.06 bits per heavy atom. The van der Waals surface area contributed by atoms with Crippen molar-refractivity contribution in [1.82, 2.24) is 0 Å². The van der Waals surface area contributed by atoms with Gasteiger partial charge in [-0.2, -0.15) is 6.42 Å². The van der Waals surface area contributed by atoms with Crippen molar-refractivity contribution in [2.75, 3.05) is 0 Å². The van der Waals surface area contributed by atoms with Crippen LogP contribution in [0.5, 0.6) is 0 Å². The molecule has 2 aliphatic rings. The molecule has 0 aromatic rings. The molecule has 0 saturated heterocycles. The second-order valence-electron chi connectivity index (χ2n) is 5.81. The van der Waals surface area contributed by atoms with E-state index in [1.165, 1.54) is 51.4 Å². The molecule has 2 aliphatic carbocycles. The monoisotopic (exact) mass is 258 g/mol. The van der Waals surface area contributed by atoms with Crippen LogP contribution in [0.25, 0.3) is 0 Å². The Morgan fingerprint density at radius 1 is 1.12 bits per heavy atom. The number of hydrogen-bond donors (Lipinski definition) is 0. The van der Waals surface area contributed by atoms with Crippen LogP contribution in [0.3, 0.4) is 0 Å². The molecule has 92 valence electrons. The summed E-state index contributed by atoms with van der Waals surface area (Å²) in [6.07, 6.45) is 13.3. The Morgan fingerprint density at radius 2 is 1.71 bits per heavy atom. The minimum Gasteiger partial charge on any atom is -0.343 e. The van der Waals surface area contributed by atoms with E-state index in [1.807, 2.05) is 0 Å². The molecule has 2 fully saturated rings. The maximum atomic E-state index is 5.61. The zero-order valence-corrected chi connectivity index (χ0v) is 15.2. The van der Waals surface area contributed by atoms with Crippen LogP contribution in [-0.4, -0.2) is 7.85 Å². The van der Waals surface area contributed by atoms with Crippen molar-refractivity contribution < 1.29 is 51.4 Å². The van der Waals surface area contributed by atoms with Crippen LogP contribution in [0.2, 0.25) is 6.32 Å². The number of unbranched alkanes of at least 4 members (excludes halogenated alkanes) is 1. The summed E-state index contributed by atoms with van der Waals surface area (Å²) in [5.74, 6) is 2.88. The van der Waals surface area contributed by atoms with Gasteiger partial charge in [0.05, 0.1) is 7.85 Å². The summed E-state index contributed by atoms with van der Waals surface area (Å²) in [7, 11) is 5.61. The van der Waals surface area contributed by atoms with Gasteiger partial charge in [0.25, 0.3) is 0 Å². The minimum absolute atomic E-state index is 0. The van der Waals surface area contributed by atoms with Crippen molar-refractivity contribution >= 4 is 7.85 Å². The van der Waals surface area contributed by atoms with E-state index < -0.39 is 0 Å². The second kappa shape index (κ2) is 11.5. The zero-order valence-electron chi connectivity index (χ0n) is 12.1. The van der Waals surface area contributed by atoms with Gasteiger partial charge in [-0.1, -0.05) is 58.2 Å². The van der Waals surface area contributed by atoms with Gasteiger partial charge in [-0.25, -0.2) is 0 Å².